The lowest BCUT2D eigenvalue weighted by Gasteiger charge is -2.32. The second-order valence-electron chi connectivity index (χ2n) is 13.3. The molecule has 2 amide bonds. The number of ether oxygens (including phenoxy) is 1. The van der Waals surface area contributed by atoms with E-state index in [1.54, 1.807) is 0 Å². The van der Waals surface area contributed by atoms with Crippen LogP contribution in [0.5, 0.6) is 0 Å². The summed E-state index contributed by atoms with van der Waals surface area (Å²) in [6, 6.07) is 8.02. The van der Waals surface area contributed by atoms with Crippen LogP contribution in [0.15, 0.2) is 69.9 Å². The van der Waals surface area contributed by atoms with E-state index in [9.17, 15) is 35.9 Å². The van der Waals surface area contributed by atoms with Crippen LogP contribution in [0.3, 0.4) is 0 Å². The number of aromatic nitrogens is 2. The fourth-order valence-electron chi connectivity index (χ4n) is 4.58. The van der Waals surface area contributed by atoms with Crippen LogP contribution in [0.25, 0.3) is 11.1 Å². The number of halogens is 7. The average molecular weight is 772 g/mol. The minimum Gasteiger partial charge on any atom is -0.447 e. The van der Waals surface area contributed by atoms with Crippen molar-refractivity contribution in [2.24, 2.45) is 26.2 Å². The van der Waals surface area contributed by atoms with E-state index in [2.05, 4.69) is 32.2 Å². The quantitative estimate of drug-likeness (QED) is 0.0528. The normalized spacial score (nSPS) is 13.2. The number of anilines is 1. The van der Waals surface area contributed by atoms with E-state index in [4.69, 9.17) is 22.1 Å². The van der Waals surface area contributed by atoms with Crippen molar-refractivity contribution in [2.45, 2.75) is 72.1 Å². The number of hydrazone groups is 1. The molecule has 12 nitrogen and oxygen atoms in total. The Morgan fingerprint density at radius 1 is 1.06 bits per heavy atom. The predicted molar refractivity (Wildman–Crippen MR) is 191 cm³/mol. The van der Waals surface area contributed by atoms with Crippen molar-refractivity contribution in [3.8, 4) is 11.1 Å². The molecule has 288 valence electrons. The summed E-state index contributed by atoms with van der Waals surface area (Å²) in [7, 11) is 0. The number of nitrogens with zero attached hydrogens (tertiary/aromatic N) is 7. The fraction of sp³-hybridized carbons (Fsp3) is 0.412. The zero-order valence-corrected chi connectivity index (χ0v) is 30.2. The van der Waals surface area contributed by atoms with E-state index >= 15 is 0 Å². The summed E-state index contributed by atoms with van der Waals surface area (Å²) in [6.45, 7) is 4.48. The van der Waals surface area contributed by atoms with Crippen molar-refractivity contribution in [2.75, 3.05) is 18.2 Å². The molecule has 3 aromatic rings. The Labute approximate surface area is 307 Å². The number of benzene rings is 2. The first-order valence-corrected chi connectivity index (χ1v) is 16.3. The second kappa shape index (κ2) is 18.1. The molecule has 0 saturated carbocycles. The summed E-state index contributed by atoms with van der Waals surface area (Å²) in [6.07, 6.45) is -0.646. The molecule has 0 bridgehead atoms. The fourth-order valence-corrected chi connectivity index (χ4v) is 4.78. The highest BCUT2D eigenvalue weighted by Gasteiger charge is 2.35. The van der Waals surface area contributed by atoms with E-state index in [-0.39, 0.29) is 44.8 Å². The van der Waals surface area contributed by atoms with Crippen LogP contribution in [0, 0.1) is 5.41 Å². The molecule has 0 aliphatic heterocycles. The Hall–Kier alpha value is -5.13. The van der Waals surface area contributed by atoms with Crippen molar-refractivity contribution in [1.29, 1.82) is 0 Å². The molecular formula is C34H40ClF6N9O3. The molecule has 0 fully saturated rings. The minimum absolute atomic E-state index is 0.00214. The van der Waals surface area contributed by atoms with Gasteiger partial charge in [-0.2, -0.15) is 27.8 Å². The molecule has 53 heavy (non-hydrogen) atoms. The smallest absolute Gasteiger partial charge is 0.407 e. The van der Waals surface area contributed by atoms with E-state index in [0.29, 0.717) is 22.2 Å². The largest absolute Gasteiger partial charge is 0.447 e. The zero-order chi connectivity index (χ0) is 39.7. The SMILES string of the molecule is C=N/C=N\N(c1cc([C@@H](COC(=O)NC(C)(C)C(F)F)N(C(=O)c2ccc(-c3cnn(C(F)F)c3)cc2)C(N)=NCCC(C)(C)C)ccc1Cl)C(F)F. The number of nitrogens with two attached hydrogens (primary N) is 1. The van der Waals surface area contributed by atoms with Crippen LogP contribution in [0.2, 0.25) is 5.02 Å². The van der Waals surface area contributed by atoms with Crippen molar-refractivity contribution < 1.29 is 40.7 Å². The molecule has 19 heteroatoms. The van der Waals surface area contributed by atoms with Crippen LogP contribution in [0.1, 0.15) is 69.6 Å². The molecular weight excluding hydrogens is 732 g/mol. The number of nitrogens with one attached hydrogen (secondary N) is 1. The Morgan fingerprint density at radius 2 is 1.72 bits per heavy atom. The van der Waals surface area contributed by atoms with Crippen LogP contribution < -0.4 is 16.1 Å². The van der Waals surface area contributed by atoms with Gasteiger partial charge in [-0.3, -0.25) is 19.7 Å². The number of alkyl carbamates (subject to hydrolysis) is 1. The molecule has 3 N–H and O–H groups in total. The maximum absolute atomic E-state index is 14.4. The maximum atomic E-state index is 14.4. The summed E-state index contributed by atoms with van der Waals surface area (Å²) < 4.78 is 87.5. The van der Waals surface area contributed by atoms with Crippen LogP contribution in [-0.4, -0.2) is 77.4 Å². The molecule has 1 heterocycles. The van der Waals surface area contributed by atoms with Gasteiger partial charge >= 0.3 is 19.2 Å². The third kappa shape index (κ3) is 11.7. The Bertz CT molecular complexity index is 1780. The molecule has 1 aromatic heterocycles. The highest BCUT2D eigenvalue weighted by atomic mass is 35.5. The highest BCUT2D eigenvalue weighted by Crippen LogP contribution is 2.34. The second-order valence-corrected chi connectivity index (χ2v) is 13.7. The standard InChI is InChI=1S/C34H40ClF6N9O3/c1-33(2,3)13-14-44-31(42)49(27(51)21-9-7-20(8-10-21)23-16-45-48(17-23)29(38)39)26(18-53-32(52)47-34(4,5)28(36)37)22-11-12-24(35)25(15-22)50(30(40)41)46-19-43-6/h7-12,15-17,19,26,28-30H,6,13-14,18H2,1-5H3,(H2,42,44)(H,47,52)/b46-19-/t26-/m1/s1. The van der Waals surface area contributed by atoms with Gasteiger partial charge in [0.25, 0.3) is 12.3 Å². The summed E-state index contributed by atoms with van der Waals surface area (Å²) in [5.74, 6) is -1.17. The van der Waals surface area contributed by atoms with Gasteiger partial charge in [0.1, 0.15) is 12.9 Å². The lowest BCUT2D eigenvalue weighted by atomic mass is 9.92. The van der Waals surface area contributed by atoms with Gasteiger partial charge in [-0.05, 0) is 67.8 Å². The summed E-state index contributed by atoms with van der Waals surface area (Å²) >= 11 is 6.31. The molecule has 0 aliphatic carbocycles. The van der Waals surface area contributed by atoms with Crippen molar-refractivity contribution >= 4 is 48.3 Å². The zero-order valence-electron chi connectivity index (χ0n) is 29.5. The maximum Gasteiger partial charge on any atom is 0.407 e. The number of hydrogen-bond acceptors (Lipinski definition) is 7. The highest BCUT2D eigenvalue weighted by molar-refractivity contribution is 6.33. The predicted octanol–water partition coefficient (Wildman–Crippen LogP) is 7.98. The molecule has 0 aliphatic rings. The number of hydrogen-bond donors (Lipinski definition) is 2. The summed E-state index contributed by atoms with van der Waals surface area (Å²) in [5.41, 5.74) is 4.74. The Kier molecular flexibility index (Phi) is 14.4. The lowest BCUT2D eigenvalue weighted by molar-refractivity contribution is 0.0404. The number of rotatable bonds is 15. The van der Waals surface area contributed by atoms with Crippen LogP contribution >= 0.6 is 11.6 Å². The van der Waals surface area contributed by atoms with Gasteiger partial charge in [0.15, 0.2) is 5.96 Å². The summed E-state index contributed by atoms with van der Waals surface area (Å²) in [5, 5.41) is 9.29. The molecule has 2 aromatic carbocycles. The number of carbonyl (C=O) groups is 2. The van der Waals surface area contributed by atoms with Crippen molar-refractivity contribution in [3.63, 3.8) is 0 Å². The third-order valence-corrected chi connectivity index (χ3v) is 7.89. The number of guanidine groups is 1. The average Bonchev–Trinajstić information content (AvgIpc) is 3.57. The first kappa shape index (κ1) is 42.3. The molecule has 0 saturated heterocycles. The number of amides is 2. The van der Waals surface area contributed by atoms with Gasteiger partial charge in [0, 0.05) is 23.9 Å². The van der Waals surface area contributed by atoms with E-state index in [1.807, 2.05) is 20.8 Å². The Balaban J connectivity index is 2.19. The Morgan fingerprint density at radius 3 is 2.26 bits per heavy atom. The van der Waals surface area contributed by atoms with Gasteiger partial charge in [-0.1, -0.05) is 50.6 Å². The number of aliphatic imine (C=N–C) groups is 2. The minimum atomic E-state index is -3.23. The van der Waals surface area contributed by atoms with E-state index in [1.165, 1.54) is 42.6 Å². The molecule has 3 rings (SSSR count). The van der Waals surface area contributed by atoms with E-state index in [0.717, 1.165) is 37.3 Å². The van der Waals surface area contributed by atoms with Crippen LogP contribution in [-0.2, 0) is 4.74 Å². The van der Waals surface area contributed by atoms with Gasteiger partial charge in [-0.15, -0.1) is 0 Å². The molecule has 0 spiro atoms. The number of alkyl halides is 6. The number of carbonyl (C=O) groups excluding carboxylic acids is 2. The van der Waals surface area contributed by atoms with Gasteiger partial charge in [0.05, 0.1) is 28.5 Å². The van der Waals surface area contributed by atoms with Crippen LogP contribution in [0.4, 0.5) is 36.8 Å². The summed E-state index contributed by atoms with van der Waals surface area (Å²) in [4.78, 5) is 35.9. The topological polar surface area (TPSA) is 143 Å². The van der Waals surface area contributed by atoms with Gasteiger partial charge in [0.2, 0.25) is 0 Å². The monoisotopic (exact) mass is 771 g/mol. The lowest BCUT2D eigenvalue weighted by Crippen LogP contribution is -2.50. The first-order chi connectivity index (χ1) is 24.7. The van der Waals surface area contributed by atoms with Crippen molar-refractivity contribution in [1.82, 2.24) is 20.0 Å². The molecule has 1 atom stereocenters. The first-order valence-electron chi connectivity index (χ1n) is 15.9. The molecule has 0 radical (unpaired) electrons. The van der Waals surface area contributed by atoms with E-state index < -0.39 is 49.7 Å². The van der Waals surface area contributed by atoms with Gasteiger partial charge in [-0.25, -0.2) is 23.3 Å². The molecule has 0 unspecified atom stereocenters. The van der Waals surface area contributed by atoms with Gasteiger partial charge < -0.3 is 15.8 Å². The van der Waals surface area contributed by atoms with Crippen molar-refractivity contribution in [3.05, 3.63) is 71.0 Å². The third-order valence-electron chi connectivity index (χ3n) is 7.57.